The Morgan fingerprint density at radius 2 is 1.75 bits per heavy atom. The first-order chi connectivity index (χ1) is 11.7. The van der Waals surface area contributed by atoms with Crippen LogP contribution >= 0.6 is 0 Å². The maximum Gasteiger partial charge on any atom is 0.265 e. The molecule has 5 heteroatoms. The molecule has 1 saturated heterocycles. The third-order valence-electron chi connectivity index (χ3n) is 4.24. The fourth-order valence-electron chi connectivity index (χ4n) is 2.65. The van der Waals surface area contributed by atoms with Gasteiger partial charge < -0.3 is 9.64 Å². The van der Waals surface area contributed by atoms with E-state index < -0.39 is 0 Å². The molecule has 0 saturated carbocycles. The maximum absolute atomic E-state index is 12.3. The van der Waals surface area contributed by atoms with E-state index in [4.69, 9.17) is 4.74 Å². The average Bonchev–Trinajstić information content (AvgIpc) is 2.63. The zero-order valence-electron chi connectivity index (χ0n) is 14.0. The number of hydrogen-bond donors (Lipinski definition) is 2. The molecule has 5 nitrogen and oxygen atoms in total. The largest absolute Gasteiger partial charge is 0.489 e. The van der Waals surface area contributed by atoms with E-state index in [-0.39, 0.29) is 5.91 Å². The van der Waals surface area contributed by atoms with E-state index in [1.165, 1.54) is 4.90 Å². The first-order valence-electron chi connectivity index (χ1n) is 8.35. The van der Waals surface area contributed by atoms with Crippen LogP contribution in [0.15, 0.2) is 54.6 Å². The van der Waals surface area contributed by atoms with Crippen molar-refractivity contribution in [3.05, 3.63) is 65.7 Å². The molecule has 1 amide bonds. The minimum atomic E-state index is -0.0656. The van der Waals surface area contributed by atoms with E-state index in [1.807, 2.05) is 47.5 Å². The van der Waals surface area contributed by atoms with Crippen molar-refractivity contribution in [3.8, 4) is 5.75 Å². The smallest absolute Gasteiger partial charge is 0.265 e. The number of nitrogens with one attached hydrogen (secondary N) is 2. The van der Waals surface area contributed by atoms with Crippen LogP contribution in [-0.2, 0) is 6.61 Å². The molecule has 2 aromatic rings. The Hall–Kier alpha value is -2.37. The van der Waals surface area contributed by atoms with E-state index in [1.54, 1.807) is 12.1 Å². The summed E-state index contributed by atoms with van der Waals surface area (Å²) in [7, 11) is 2.17. The highest BCUT2D eigenvalue weighted by molar-refractivity contribution is 5.93. The first kappa shape index (κ1) is 16.5. The summed E-state index contributed by atoms with van der Waals surface area (Å²) >= 11 is 0. The highest BCUT2D eigenvalue weighted by Gasteiger charge is 2.18. The number of hydrogen-bond acceptors (Lipinski definition) is 3. The average molecular weight is 326 g/mol. The number of quaternary nitrogens is 1. The molecule has 2 N–H and O–H groups in total. The van der Waals surface area contributed by atoms with Gasteiger partial charge in [0.05, 0.1) is 33.2 Å². The summed E-state index contributed by atoms with van der Waals surface area (Å²) in [5.41, 5.74) is 4.74. The molecule has 126 valence electrons. The third kappa shape index (κ3) is 4.57. The van der Waals surface area contributed by atoms with Crippen LogP contribution in [0.2, 0.25) is 0 Å². The zero-order valence-corrected chi connectivity index (χ0v) is 14.0. The Balaban J connectivity index is 1.51. The van der Waals surface area contributed by atoms with Crippen molar-refractivity contribution in [2.45, 2.75) is 6.61 Å². The van der Waals surface area contributed by atoms with Crippen molar-refractivity contribution in [3.63, 3.8) is 0 Å². The van der Waals surface area contributed by atoms with Crippen molar-refractivity contribution < 1.29 is 14.4 Å². The molecule has 0 spiro atoms. The summed E-state index contributed by atoms with van der Waals surface area (Å²) < 4.78 is 5.74. The SMILES string of the molecule is C[NH+]1CCN(NC(=O)c2ccc(OCc3ccccc3)cc2)CC1. The van der Waals surface area contributed by atoms with Crippen LogP contribution in [0.4, 0.5) is 0 Å². The van der Waals surface area contributed by atoms with Gasteiger partial charge in [-0.2, -0.15) is 0 Å². The second-order valence-corrected chi connectivity index (χ2v) is 6.18. The number of carbonyl (C=O) groups excluding carboxylic acids is 1. The lowest BCUT2D eigenvalue weighted by molar-refractivity contribution is -0.884. The molecule has 1 aliphatic rings. The van der Waals surface area contributed by atoms with Crippen molar-refractivity contribution in [1.29, 1.82) is 0 Å². The van der Waals surface area contributed by atoms with Gasteiger partial charge in [-0.1, -0.05) is 30.3 Å². The molecule has 0 unspecified atom stereocenters. The fraction of sp³-hybridized carbons (Fsp3) is 0.316. The fourth-order valence-corrected chi connectivity index (χ4v) is 2.65. The van der Waals surface area contributed by atoms with Crippen molar-refractivity contribution in [1.82, 2.24) is 10.4 Å². The summed E-state index contributed by atoms with van der Waals surface area (Å²) in [5.74, 6) is 0.697. The minimum absolute atomic E-state index is 0.0656. The van der Waals surface area contributed by atoms with Gasteiger partial charge in [0, 0.05) is 5.56 Å². The lowest BCUT2D eigenvalue weighted by Crippen LogP contribution is -3.12. The Labute approximate surface area is 142 Å². The Bertz CT molecular complexity index is 650. The standard InChI is InChI=1S/C19H23N3O2/c1-21-11-13-22(14-12-21)20-19(23)17-7-9-18(10-8-17)24-15-16-5-3-2-4-6-16/h2-10H,11-15H2,1H3,(H,20,23)/p+1. The monoisotopic (exact) mass is 326 g/mol. The molecule has 1 fully saturated rings. The van der Waals surface area contributed by atoms with Gasteiger partial charge in [-0.15, -0.1) is 0 Å². The van der Waals surface area contributed by atoms with Crippen LogP contribution in [0.25, 0.3) is 0 Å². The summed E-state index contributed by atoms with van der Waals surface area (Å²) in [4.78, 5) is 13.8. The van der Waals surface area contributed by atoms with Crippen LogP contribution in [0.5, 0.6) is 5.75 Å². The van der Waals surface area contributed by atoms with Gasteiger partial charge in [0.25, 0.3) is 5.91 Å². The van der Waals surface area contributed by atoms with Crippen molar-refractivity contribution >= 4 is 5.91 Å². The van der Waals surface area contributed by atoms with Crippen LogP contribution in [0.3, 0.4) is 0 Å². The van der Waals surface area contributed by atoms with Crippen molar-refractivity contribution in [2.75, 3.05) is 33.2 Å². The molecule has 24 heavy (non-hydrogen) atoms. The van der Waals surface area contributed by atoms with Gasteiger partial charge in [0.1, 0.15) is 12.4 Å². The lowest BCUT2D eigenvalue weighted by Gasteiger charge is -2.30. The summed E-state index contributed by atoms with van der Waals surface area (Å²) in [5, 5.41) is 2.00. The third-order valence-corrected chi connectivity index (χ3v) is 4.24. The van der Waals surface area contributed by atoms with E-state index in [0.29, 0.717) is 12.2 Å². The Kier molecular flexibility index (Phi) is 5.46. The highest BCUT2D eigenvalue weighted by Crippen LogP contribution is 2.14. The van der Waals surface area contributed by atoms with Gasteiger partial charge in [0.2, 0.25) is 0 Å². The summed E-state index contributed by atoms with van der Waals surface area (Å²) in [6.07, 6.45) is 0. The van der Waals surface area contributed by atoms with E-state index >= 15 is 0 Å². The normalized spacial score (nSPS) is 15.9. The number of piperazine rings is 1. The van der Waals surface area contributed by atoms with Gasteiger partial charge >= 0.3 is 0 Å². The molecule has 0 radical (unpaired) electrons. The Morgan fingerprint density at radius 1 is 1.08 bits per heavy atom. The zero-order chi connectivity index (χ0) is 16.8. The molecule has 1 heterocycles. The molecule has 3 rings (SSSR count). The van der Waals surface area contributed by atoms with E-state index in [9.17, 15) is 4.79 Å². The number of likely N-dealkylation sites (N-methyl/N-ethyl adjacent to an activating group) is 1. The predicted octanol–water partition coefficient (Wildman–Crippen LogP) is 0.741. The predicted molar refractivity (Wildman–Crippen MR) is 92.9 cm³/mol. The molecule has 0 aromatic heterocycles. The highest BCUT2D eigenvalue weighted by atomic mass is 16.5. The Morgan fingerprint density at radius 3 is 2.42 bits per heavy atom. The van der Waals surface area contributed by atoms with Crippen LogP contribution in [-0.4, -0.2) is 44.1 Å². The molecular formula is C19H24N3O2+. The molecule has 0 atom stereocenters. The molecule has 0 bridgehead atoms. The molecular weight excluding hydrogens is 302 g/mol. The summed E-state index contributed by atoms with van der Waals surface area (Å²) in [6.45, 7) is 4.39. The number of rotatable bonds is 5. The lowest BCUT2D eigenvalue weighted by atomic mass is 10.2. The van der Waals surface area contributed by atoms with Crippen LogP contribution in [0.1, 0.15) is 15.9 Å². The molecule has 0 aliphatic carbocycles. The van der Waals surface area contributed by atoms with E-state index in [2.05, 4.69) is 12.5 Å². The number of carbonyl (C=O) groups is 1. The number of hydrazine groups is 1. The van der Waals surface area contributed by atoms with Gasteiger partial charge in [-0.25, -0.2) is 5.01 Å². The van der Waals surface area contributed by atoms with Crippen molar-refractivity contribution in [2.24, 2.45) is 0 Å². The maximum atomic E-state index is 12.3. The first-order valence-corrected chi connectivity index (χ1v) is 8.35. The molecule has 2 aromatic carbocycles. The number of benzene rings is 2. The van der Waals surface area contributed by atoms with Crippen LogP contribution < -0.4 is 15.1 Å². The topological polar surface area (TPSA) is 46.0 Å². The van der Waals surface area contributed by atoms with Gasteiger partial charge in [-0.05, 0) is 29.8 Å². The number of nitrogens with zero attached hydrogens (tertiary/aromatic N) is 1. The van der Waals surface area contributed by atoms with Crippen LogP contribution in [0, 0.1) is 0 Å². The molecule has 1 aliphatic heterocycles. The second-order valence-electron chi connectivity index (χ2n) is 6.18. The van der Waals surface area contributed by atoms with Gasteiger partial charge in [-0.3, -0.25) is 10.2 Å². The number of ether oxygens (including phenoxy) is 1. The summed E-state index contributed by atoms with van der Waals surface area (Å²) in [6, 6.07) is 17.3. The minimum Gasteiger partial charge on any atom is -0.489 e. The number of amides is 1. The second kappa shape index (κ2) is 7.95. The van der Waals surface area contributed by atoms with Gasteiger partial charge in [0.15, 0.2) is 0 Å². The van der Waals surface area contributed by atoms with E-state index in [0.717, 1.165) is 37.5 Å². The quantitative estimate of drug-likeness (QED) is 0.852.